The summed E-state index contributed by atoms with van der Waals surface area (Å²) in [5, 5.41) is 4.42. The molecule has 0 atom stereocenters. The fourth-order valence-corrected chi connectivity index (χ4v) is 3.01. The number of hydrogen-bond acceptors (Lipinski definition) is 2. The zero-order valence-corrected chi connectivity index (χ0v) is 15.5. The predicted octanol–water partition coefficient (Wildman–Crippen LogP) is 4.70. The van der Waals surface area contributed by atoms with Crippen molar-refractivity contribution in [2.24, 2.45) is 7.05 Å². The summed E-state index contributed by atoms with van der Waals surface area (Å²) in [5.41, 5.74) is 3.30. The Bertz CT molecular complexity index is 714. The average Bonchev–Trinajstić information content (AvgIpc) is 2.79. The average molecular weight is 350 g/mol. The number of rotatable bonds is 6. The van der Waals surface area contributed by atoms with E-state index in [4.69, 9.17) is 11.6 Å². The van der Waals surface area contributed by atoms with Crippen molar-refractivity contribution in [1.82, 2.24) is 9.78 Å². The Labute approximate surface area is 147 Å². The van der Waals surface area contributed by atoms with Crippen LogP contribution in [0.2, 0.25) is 5.02 Å². The van der Waals surface area contributed by atoms with E-state index in [1.54, 1.807) is 7.05 Å². The molecular weight excluding hydrogens is 326 g/mol. The molecule has 0 radical (unpaired) electrons. The summed E-state index contributed by atoms with van der Waals surface area (Å²) in [6.07, 6.45) is 1.13. The van der Waals surface area contributed by atoms with Gasteiger partial charge in [0, 0.05) is 19.9 Å². The molecule has 5 heteroatoms. The van der Waals surface area contributed by atoms with Gasteiger partial charge in [-0.3, -0.25) is 13.9 Å². The van der Waals surface area contributed by atoms with E-state index in [0.29, 0.717) is 24.2 Å². The van der Waals surface area contributed by atoms with Crippen LogP contribution in [0.1, 0.15) is 54.5 Å². The summed E-state index contributed by atoms with van der Waals surface area (Å²) >= 11 is 6.19. The lowest BCUT2D eigenvalue weighted by molar-refractivity contribution is 0.0974. The van der Waals surface area contributed by atoms with Crippen molar-refractivity contribution in [3.63, 3.8) is 0 Å². The van der Waals surface area contributed by atoms with Crippen LogP contribution in [0.15, 0.2) is 24.3 Å². The Morgan fingerprint density at radius 2 is 1.83 bits per heavy atom. The highest BCUT2D eigenvalue weighted by Gasteiger charge is 2.20. The summed E-state index contributed by atoms with van der Waals surface area (Å²) < 4.78 is 14.0. The second-order valence-corrected chi connectivity index (χ2v) is 7.42. The van der Waals surface area contributed by atoms with E-state index in [1.165, 1.54) is 10.2 Å². The molecule has 130 valence electrons. The molecule has 0 amide bonds. The molecule has 0 unspecified atom stereocenters. The lowest BCUT2D eigenvalue weighted by atomic mass is 9.86. The molecule has 1 aromatic carbocycles. The van der Waals surface area contributed by atoms with Crippen molar-refractivity contribution in [3.05, 3.63) is 51.8 Å². The first-order valence-corrected chi connectivity index (χ1v) is 8.51. The smallest absolute Gasteiger partial charge is 0.182 e. The molecule has 0 aliphatic carbocycles. The third kappa shape index (κ3) is 4.23. The van der Waals surface area contributed by atoms with Crippen LogP contribution in [0.4, 0.5) is 4.39 Å². The van der Waals surface area contributed by atoms with Crippen molar-refractivity contribution in [2.45, 2.75) is 45.4 Å². The number of hydrogen-bond donors (Lipinski definition) is 0. The van der Waals surface area contributed by atoms with E-state index in [0.717, 1.165) is 5.56 Å². The van der Waals surface area contributed by atoms with Gasteiger partial charge < -0.3 is 0 Å². The zero-order chi connectivity index (χ0) is 17.9. The zero-order valence-electron chi connectivity index (χ0n) is 14.7. The summed E-state index contributed by atoms with van der Waals surface area (Å²) in [5.74, 6) is -0.0694. The SMILES string of the molecule is Cn1nc(CC[18F])c(Cl)c1C(=O)CCc1ccc(C(C)(C)C)cc1. The van der Waals surface area contributed by atoms with E-state index >= 15 is 0 Å². The Hall–Kier alpha value is -1.68. The number of halogens is 2. The highest BCUT2D eigenvalue weighted by molar-refractivity contribution is 6.34. The Kier molecular flexibility index (Phi) is 5.81. The molecule has 0 saturated carbocycles. The first-order chi connectivity index (χ1) is 11.2. The molecule has 0 aliphatic rings. The number of Topliss-reactive ketones (excluding diaryl/α,β-unsaturated/α-hetero) is 1. The summed E-state index contributed by atoms with van der Waals surface area (Å²) in [4.78, 5) is 12.5. The standard InChI is InChI=1S/C19H24ClFN2O/c1-19(2,3)14-8-5-13(6-9-14)7-10-16(24)18-17(20)15(11-12-21)22-23(18)4/h5-6,8-9H,7,10-12H2,1-4H3/i21-1. The molecule has 0 spiro atoms. The van der Waals surface area contributed by atoms with Gasteiger partial charge in [-0.25, -0.2) is 0 Å². The Morgan fingerprint density at radius 3 is 2.38 bits per heavy atom. The normalized spacial score (nSPS) is 11.8. The molecule has 0 bridgehead atoms. The Morgan fingerprint density at radius 1 is 1.21 bits per heavy atom. The van der Waals surface area contributed by atoms with Gasteiger partial charge in [-0.05, 0) is 23.0 Å². The van der Waals surface area contributed by atoms with Crippen molar-refractivity contribution < 1.29 is 9.18 Å². The number of carbonyl (C=O) groups is 1. The predicted molar refractivity (Wildman–Crippen MR) is 95.7 cm³/mol. The van der Waals surface area contributed by atoms with Gasteiger partial charge in [0.25, 0.3) is 0 Å². The van der Waals surface area contributed by atoms with Crippen molar-refractivity contribution >= 4 is 17.4 Å². The van der Waals surface area contributed by atoms with Crippen LogP contribution in [0, 0.1) is 0 Å². The largest absolute Gasteiger partial charge is 0.292 e. The van der Waals surface area contributed by atoms with Gasteiger partial charge in [-0.1, -0.05) is 56.6 Å². The van der Waals surface area contributed by atoms with Gasteiger partial charge in [0.2, 0.25) is 0 Å². The van der Waals surface area contributed by atoms with E-state index < -0.39 is 6.67 Å². The van der Waals surface area contributed by atoms with Crippen LogP contribution < -0.4 is 0 Å². The third-order valence-electron chi connectivity index (χ3n) is 4.11. The minimum absolute atomic E-state index is 0.0694. The fraction of sp³-hybridized carbons (Fsp3) is 0.474. The maximum absolute atomic E-state index is 12.5. The van der Waals surface area contributed by atoms with Gasteiger partial charge in [0.05, 0.1) is 17.4 Å². The van der Waals surface area contributed by atoms with E-state index in [1.807, 2.05) is 0 Å². The van der Waals surface area contributed by atoms with Gasteiger partial charge in [0.15, 0.2) is 5.78 Å². The van der Waals surface area contributed by atoms with Crippen LogP contribution >= 0.6 is 11.6 Å². The van der Waals surface area contributed by atoms with Gasteiger partial charge >= 0.3 is 0 Å². The number of carbonyl (C=O) groups excluding carboxylic acids is 1. The number of aromatic nitrogens is 2. The Balaban J connectivity index is 2.06. The highest BCUT2D eigenvalue weighted by atomic mass is 35.5. The quantitative estimate of drug-likeness (QED) is 0.708. The van der Waals surface area contributed by atoms with Crippen LogP contribution in [0.3, 0.4) is 0 Å². The van der Waals surface area contributed by atoms with Crippen LogP contribution in [-0.4, -0.2) is 22.2 Å². The van der Waals surface area contributed by atoms with E-state index in [2.05, 4.69) is 50.1 Å². The summed E-state index contributed by atoms with van der Waals surface area (Å²) in [7, 11) is 1.67. The molecule has 1 heterocycles. The monoisotopic (exact) mass is 349 g/mol. The maximum atomic E-state index is 12.5. The van der Waals surface area contributed by atoms with Gasteiger partial charge in [-0.15, -0.1) is 0 Å². The van der Waals surface area contributed by atoms with Crippen molar-refractivity contribution in [2.75, 3.05) is 6.67 Å². The molecule has 1 aromatic heterocycles. The molecule has 2 rings (SSSR count). The van der Waals surface area contributed by atoms with Crippen molar-refractivity contribution in [3.8, 4) is 0 Å². The fourth-order valence-electron chi connectivity index (χ4n) is 2.65. The van der Waals surface area contributed by atoms with Gasteiger partial charge in [-0.2, -0.15) is 5.10 Å². The second-order valence-electron chi connectivity index (χ2n) is 7.04. The molecular formula is C19H24ClFN2O. The number of alkyl halides is 1. The maximum Gasteiger partial charge on any atom is 0.182 e. The lowest BCUT2D eigenvalue weighted by Gasteiger charge is -2.19. The number of nitrogens with zero attached hydrogens (tertiary/aromatic N) is 2. The van der Waals surface area contributed by atoms with Crippen molar-refractivity contribution in [1.29, 1.82) is 0 Å². The molecule has 0 N–H and O–H groups in total. The van der Waals surface area contributed by atoms with Gasteiger partial charge in [0.1, 0.15) is 5.69 Å². The first-order valence-electron chi connectivity index (χ1n) is 8.14. The molecule has 0 aliphatic heterocycles. The topological polar surface area (TPSA) is 34.9 Å². The number of ketones is 1. The highest BCUT2D eigenvalue weighted by Crippen LogP contribution is 2.24. The summed E-state index contributed by atoms with van der Waals surface area (Å²) in [6.45, 7) is 5.98. The number of benzene rings is 1. The van der Waals surface area contributed by atoms with E-state index in [-0.39, 0.29) is 22.6 Å². The molecule has 3 nitrogen and oxygen atoms in total. The van der Waals surface area contributed by atoms with Crippen LogP contribution in [0.5, 0.6) is 0 Å². The first kappa shape index (κ1) is 18.7. The molecule has 24 heavy (non-hydrogen) atoms. The summed E-state index contributed by atoms with van der Waals surface area (Å²) in [6, 6.07) is 8.34. The second kappa shape index (κ2) is 7.47. The van der Waals surface area contributed by atoms with E-state index in [9.17, 15) is 9.18 Å². The minimum Gasteiger partial charge on any atom is -0.292 e. The lowest BCUT2D eigenvalue weighted by Crippen LogP contribution is -2.11. The molecule has 0 saturated heterocycles. The molecule has 0 fully saturated rings. The third-order valence-corrected chi connectivity index (χ3v) is 4.51. The van der Waals surface area contributed by atoms with Crippen LogP contribution in [0.25, 0.3) is 0 Å². The number of aryl methyl sites for hydroxylation is 3. The van der Waals surface area contributed by atoms with Crippen LogP contribution in [-0.2, 0) is 25.3 Å². The molecule has 2 aromatic rings. The minimum atomic E-state index is -0.537.